The fraction of sp³-hybridized carbons (Fsp3) is 0.611. The lowest BCUT2D eigenvalue weighted by Crippen LogP contribution is -2.51. The Morgan fingerprint density at radius 3 is 2.25 bits per heavy atom. The van der Waals surface area contributed by atoms with Crippen molar-refractivity contribution in [3.05, 3.63) is 29.8 Å². The number of carbonyl (C=O) groups excluding carboxylic acids is 1. The number of halogens is 2. The predicted octanol–water partition coefficient (Wildman–Crippen LogP) is 0.967. The largest absolute Gasteiger partial charge is 0.340 e. The number of benzene rings is 1. The SMILES string of the molecule is Cc1ccc(S(=O)(=O)N2CCN(CC(=O)N3CCCNCC3)CC2)cc1.Cl.Cl. The van der Waals surface area contributed by atoms with Crippen LogP contribution in [-0.4, -0.2) is 87.3 Å². The summed E-state index contributed by atoms with van der Waals surface area (Å²) in [7, 11) is -3.45. The van der Waals surface area contributed by atoms with Crippen LogP contribution in [0.25, 0.3) is 0 Å². The molecule has 2 saturated heterocycles. The third-order valence-corrected chi connectivity index (χ3v) is 6.95. The van der Waals surface area contributed by atoms with Gasteiger partial charge < -0.3 is 10.2 Å². The molecule has 160 valence electrons. The quantitative estimate of drug-likeness (QED) is 0.736. The first kappa shape index (κ1) is 25.1. The highest BCUT2D eigenvalue weighted by Crippen LogP contribution is 2.18. The van der Waals surface area contributed by atoms with E-state index < -0.39 is 10.0 Å². The van der Waals surface area contributed by atoms with Crippen molar-refractivity contribution in [2.24, 2.45) is 0 Å². The van der Waals surface area contributed by atoms with Gasteiger partial charge in [0.05, 0.1) is 11.4 Å². The van der Waals surface area contributed by atoms with Gasteiger partial charge in [-0.15, -0.1) is 24.8 Å². The first-order valence-electron chi connectivity index (χ1n) is 9.24. The normalized spacial score (nSPS) is 19.2. The second kappa shape index (κ2) is 11.3. The zero-order chi connectivity index (χ0) is 18.6. The Morgan fingerprint density at radius 2 is 1.61 bits per heavy atom. The first-order chi connectivity index (χ1) is 12.5. The van der Waals surface area contributed by atoms with Gasteiger partial charge in [0.25, 0.3) is 0 Å². The molecule has 0 bridgehead atoms. The second-order valence-corrected chi connectivity index (χ2v) is 8.92. The molecule has 7 nitrogen and oxygen atoms in total. The van der Waals surface area contributed by atoms with Crippen LogP contribution in [0.5, 0.6) is 0 Å². The van der Waals surface area contributed by atoms with Gasteiger partial charge in [-0.2, -0.15) is 4.31 Å². The number of sulfonamides is 1. The molecule has 1 amide bonds. The number of nitrogens with one attached hydrogen (secondary N) is 1. The van der Waals surface area contributed by atoms with Gasteiger partial charge in [0, 0.05) is 45.8 Å². The van der Waals surface area contributed by atoms with Crippen LogP contribution in [-0.2, 0) is 14.8 Å². The summed E-state index contributed by atoms with van der Waals surface area (Å²) in [6.07, 6.45) is 0.980. The Hall–Kier alpha value is -0.900. The molecule has 3 rings (SSSR count). The Bertz CT molecular complexity index is 715. The van der Waals surface area contributed by atoms with E-state index in [9.17, 15) is 13.2 Å². The Morgan fingerprint density at radius 1 is 0.964 bits per heavy atom. The minimum atomic E-state index is -3.45. The highest BCUT2D eigenvalue weighted by Gasteiger charge is 2.29. The predicted molar refractivity (Wildman–Crippen MR) is 115 cm³/mol. The number of carbonyl (C=O) groups is 1. The summed E-state index contributed by atoms with van der Waals surface area (Å²) >= 11 is 0. The fourth-order valence-corrected chi connectivity index (χ4v) is 4.80. The van der Waals surface area contributed by atoms with Gasteiger partial charge in [-0.3, -0.25) is 9.69 Å². The van der Waals surface area contributed by atoms with E-state index in [1.54, 1.807) is 12.1 Å². The molecule has 1 aromatic rings. The summed E-state index contributed by atoms with van der Waals surface area (Å²) in [5.74, 6) is 0.142. The van der Waals surface area contributed by atoms with E-state index in [2.05, 4.69) is 10.2 Å². The number of amides is 1. The molecule has 28 heavy (non-hydrogen) atoms. The maximum absolute atomic E-state index is 12.7. The van der Waals surface area contributed by atoms with Crippen molar-refractivity contribution >= 4 is 40.7 Å². The van der Waals surface area contributed by atoms with E-state index in [4.69, 9.17) is 0 Å². The summed E-state index contributed by atoms with van der Waals surface area (Å²) in [6.45, 7) is 7.68. The van der Waals surface area contributed by atoms with E-state index in [1.165, 1.54) is 4.31 Å². The molecule has 10 heteroatoms. The Balaban J connectivity index is 0.00000196. The maximum atomic E-state index is 12.7. The van der Waals surface area contributed by atoms with Gasteiger partial charge in [-0.1, -0.05) is 17.7 Å². The first-order valence-corrected chi connectivity index (χ1v) is 10.7. The summed E-state index contributed by atoms with van der Waals surface area (Å²) in [5, 5.41) is 3.30. The molecule has 0 spiro atoms. The zero-order valence-corrected chi connectivity index (χ0v) is 18.6. The molecule has 0 unspecified atom stereocenters. The number of hydrogen-bond donors (Lipinski definition) is 1. The topological polar surface area (TPSA) is 73.0 Å². The van der Waals surface area contributed by atoms with Gasteiger partial charge in [0.15, 0.2) is 0 Å². The van der Waals surface area contributed by atoms with Crippen LogP contribution in [0.3, 0.4) is 0 Å². The van der Waals surface area contributed by atoms with Crippen molar-refractivity contribution in [3.63, 3.8) is 0 Å². The van der Waals surface area contributed by atoms with Crippen LogP contribution in [0.2, 0.25) is 0 Å². The van der Waals surface area contributed by atoms with Gasteiger partial charge in [-0.05, 0) is 32.0 Å². The molecule has 2 aliphatic rings. The van der Waals surface area contributed by atoms with Gasteiger partial charge in [-0.25, -0.2) is 8.42 Å². The van der Waals surface area contributed by atoms with Crippen LogP contribution in [0.1, 0.15) is 12.0 Å². The lowest BCUT2D eigenvalue weighted by Gasteiger charge is -2.34. The van der Waals surface area contributed by atoms with E-state index in [1.807, 2.05) is 24.0 Å². The van der Waals surface area contributed by atoms with Gasteiger partial charge >= 0.3 is 0 Å². The van der Waals surface area contributed by atoms with E-state index in [-0.39, 0.29) is 30.7 Å². The molecule has 1 N–H and O–H groups in total. The average molecular weight is 453 g/mol. The minimum absolute atomic E-state index is 0. The third-order valence-electron chi connectivity index (χ3n) is 5.04. The summed E-state index contributed by atoms with van der Waals surface area (Å²) < 4.78 is 27.0. The standard InChI is InChI=1S/C18H28N4O3S.2ClH/c1-16-3-5-17(6-4-16)26(24,25)22-13-11-20(12-14-22)15-18(23)21-9-2-7-19-8-10-21;;/h3-6,19H,2,7-15H2,1H3;2*1H. The molecule has 0 aliphatic carbocycles. The molecule has 0 radical (unpaired) electrons. The summed E-state index contributed by atoms with van der Waals surface area (Å²) in [4.78, 5) is 16.8. The molecule has 2 aliphatic heterocycles. The number of nitrogens with zero attached hydrogens (tertiary/aromatic N) is 3. The van der Waals surface area contributed by atoms with Crippen molar-refractivity contribution in [1.82, 2.24) is 19.4 Å². The Kier molecular flexibility index (Phi) is 10.2. The summed E-state index contributed by atoms with van der Waals surface area (Å²) in [5.41, 5.74) is 1.04. The minimum Gasteiger partial charge on any atom is -0.340 e. The van der Waals surface area contributed by atoms with Crippen molar-refractivity contribution in [2.75, 3.05) is 58.9 Å². The van der Waals surface area contributed by atoms with Crippen LogP contribution in [0.15, 0.2) is 29.2 Å². The van der Waals surface area contributed by atoms with Crippen molar-refractivity contribution in [1.29, 1.82) is 0 Å². The van der Waals surface area contributed by atoms with E-state index >= 15 is 0 Å². The smallest absolute Gasteiger partial charge is 0.243 e. The fourth-order valence-electron chi connectivity index (χ4n) is 3.37. The molecule has 1 aromatic carbocycles. The van der Waals surface area contributed by atoms with Crippen molar-refractivity contribution in [3.8, 4) is 0 Å². The highest BCUT2D eigenvalue weighted by molar-refractivity contribution is 7.89. The number of rotatable bonds is 4. The number of piperazine rings is 1. The molecular weight excluding hydrogens is 423 g/mol. The molecule has 0 atom stereocenters. The zero-order valence-electron chi connectivity index (χ0n) is 16.2. The van der Waals surface area contributed by atoms with E-state index in [0.717, 1.165) is 38.2 Å². The van der Waals surface area contributed by atoms with Gasteiger partial charge in [0.1, 0.15) is 0 Å². The molecule has 0 saturated carbocycles. The summed E-state index contributed by atoms with van der Waals surface area (Å²) in [6, 6.07) is 6.96. The van der Waals surface area contributed by atoms with E-state index in [0.29, 0.717) is 37.6 Å². The number of aryl methyl sites for hydroxylation is 1. The van der Waals surface area contributed by atoms with Crippen molar-refractivity contribution in [2.45, 2.75) is 18.2 Å². The number of hydrogen-bond acceptors (Lipinski definition) is 5. The maximum Gasteiger partial charge on any atom is 0.243 e. The second-order valence-electron chi connectivity index (χ2n) is 6.98. The van der Waals surface area contributed by atoms with Crippen LogP contribution < -0.4 is 5.32 Å². The van der Waals surface area contributed by atoms with Gasteiger partial charge in [0.2, 0.25) is 15.9 Å². The van der Waals surface area contributed by atoms with Crippen LogP contribution >= 0.6 is 24.8 Å². The van der Waals surface area contributed by atoms with Crippen molar-refractivity contribution < 1.29 is 13.2 Å². The lowest BCUT2D eigenvalue weighted by atomic mass is 10.2. The lowest BCUT2D eigenvalue weighted by molar-refractivity contribution is -0.132. The molecule has 2 fully saturated rings. The highest BCUT2D eigenvalue weighted by atomic mass is 35.5. The molecular formula is C18H30Cl2N4O3S. The molecule has 0 aromatic heterocycles. The van der Waals surface area contributed by atoms with Crippen LogP contribution in [0, 0.1) is 6.92 Å². The van der Waals surface area contributed by atoms with Crippen LogP contribution in [0.4, 0.5) is 0 Å². The molecule has 2 heterocycles. The average Bonchev–Trinajstić information content (AvgIpc) is 2.92. The third kappa shape index (κ3) is 6.30. The monoisotopic (exact) mass is 452 g/mol. The Labute approximate surface area is 180 Å².